The second kappa shape index (κ2) is 6.13. The van der Waals surface area contributed by atoms with Gasteiger partial charge in [-0.25, -0.2) is 0 Å². The zero-order valence-corrected chi connectivity index (χ0v) is 12.1. The second-order valence-electron chi connectivity index (χ2n) is 4.79. The number of carboxylic acids is 1. The van der Waals surface area contributed by atoms with Gasteiger partial charge in [-0.15, -0.1) is 0 Å². The molecule has 21 heavy (non-hydrogen) atoms. The summed E-state index contributed by atoms with van der Waals surface area (Å²) >= 11 is 6.01. The van der Waals surface area contributed by atoms with Crippen molar-refractivity contribution in [3.8, 4) is 5.75 Å². The van der Waals surface area contributed by atoms with Gasteiger partial charge in [0.25, 0.3) is 0 Å². The number of amides is 2. The van der Waals surface area contributed by atoms with Crippen molar-refractivity contribution in [1.82, 2.24) is 4.90 Å². The van der Waals surface area contributed by atoms with Crippen LogP contribution >= 0.6 is 11.6 Å². The normalized spacial score (nSPS) is 18.2. The van der Waals surface area contributed by atoms with Gasteiger partial charge in [-0.2, -0.15) is 0 Å². The second-order valence-corrected chi connectivity index (χ2v) is 5.19. The molecule has 1 unspecified atom stereocenters. The van der Waals surface area contributed by atoms with Crippen LogP contribution in [0.2, 0.25) is 5.02 Å². The van der Waals surface area contributed by atoms with E-state index in [4.69, 9.17) is 21.4 Å². The first kappa shape index (κ1) is 15.3. The van der Waals surface area contributed by atoms with Crippen molar-refractivity contribution in [2.24, 2.45) is 5.92 Å². The Kier molecular flexibility index (Phi) is 4.47. The Morgan fingerprint density at radius 1 is 1.48 bits per heavy atom. The molecule has 0 radical (unpaired) electrons. The first-order chi connectivity index (χ1) is 9.92. The number of carboxylic acid groups (broad SMARTS) is 1. The first-order valence-electron chi connectivity index (χ1n) is 6.30. The third kappa shape index (κ3) is 3.33. The molecule has 1 saturated heterocycles. The van der Waals surface area contributed by atoms with Crippen LogP contribution in [0.1, 0.15) is 12.0 Å². The van der Waals surface area contributed by atoms with Gasteiger partial charge in [-0.3, -0.25) is 19.3 Å². The Hall–Kier alpha value is -2.08. The highest BCUT2D eigenvalue weighted by Gasteiger charge is 2.39. The van der Waals surface area contributed by atoms with Crippen LogP contribution in [-0.4, -0.2) is 41.4 Å². The fourth-order valence-corrected chi connectivity index (χ4v) is 2.61. The molecule has 1 aromatic rings. The highest BCUT2D eigenvalue weighted by Crippen LogP contribution is 2.28. The Morgan fingerprint density at radius 2 is 2.19 bits per heavy atom. The number of hydrogen-bond acceptors (Lipinski definition) is 4. The number of hydrogen-bond donors (Lipinski definition) is 1. The number of nitrogens with zero attached hydrogens (tertiary/aromatic N) is 1. The molecular formula is C14H14ClNO5. The number of imide groups is 1. The van der Waals surface area contributed by atoms with Crippen molar-refractivity contribution in [3.05, 3.63) is 28.8 Å². The number of methoxy groups -OCH3 is 1. The summed E-state index contributed by atoms with van der Waals surface area (Å²) in [5.74, 6) is -2.12. The Morgan fingerprint density at radius 3 is 2.76 bits per heavy atom. The lowest BCUT2D eigenvalue weighted by Crippen LogP contribution is -2.35. The number of likely N-dealkylation sites (tertiary alicyclic amines) is 1. The van der Waals surface area contributed by atoms with Crippen molar-refractivity contribution in [2.45, 2.75) is 12.8 Å². The minimum atomic E-state index is -1.20. The lowest BCUT2D eigenvalue weighted by molar-refractivity contribution is -0.149. The summed E-state index contributed by atoms with van der Waals surface area (Å²) < 4.78 is 5.04. The standard InChI is InChI=1S/C14H14ClNO5/c1-21-11-3-2-8(5-10(11)15)4-9-6-12(17)16(14(9)20)7-13(18)19/h2-3,5,9H,4,6-7H2,1H3,(H,18,19). The fraction of sp³-hybridized carbons (Fsp3) is 0.357. The van der Waals surface area contributed by atoms with Crippen LogP contribution < -0.4 is 4.74 Å². The molecule has 6 nitrogen and oxygen atoms in total. The van der Waals surface area contributed by atoms with E-state index in [9.17, 15) is 14.4 Å². The molecule has 1 aromatic carbocycles. The van der Waals surface area contributed by atoms with E-state index >= 15 is 0 Å². The molecule has 0 bridgehead atoms. The van der Waals surface area contributed by atoms with Gasteiger partial charge in [0.15, 0.2) is 0 Å². The maximum absolute atomic E-state index is 12.0. The van der Waals surface area contributed by atoms with Gasteiger partial charge in [-0.05, 0) is 24.1 Å². The molecule has 0 spiro atoms. The van der Waals surface area contributed by atoms with Crippen LogP contribution in [0, 0.1) is 5.92 Å². The topological polar surface area (TPSA) is 83.9 Å². The van der Waals surface area contributed by atoms with E-state index in [0.29, 0.717) is 17.2 Å². The number of halogens is 1. The molecule has 0 saturated carbocycles. The van der Waals surface area contributed by atoms with Crippen molar-refractivity contribution < 1.29 is 24.2 Å². The summed E-state index contributed by atoms with van der Waals surface area (Å²) in [5, 5.41) is 9.13. The molecule has 1 N–H and O–H groups in total. The van der Waals surface area contributed by atoms with Gasteiger partial charge >= 0.3 is 5.97 Å². The maximum atomic E-state index is 12.0. The summed E-state index contributed by atoms with van der Waals surface area (Å²) in [6, 6.07) is 5.13. The molecule has 7 heteroatoms. The van der Waals surface area contributed by atoms with Crippen LogP contribution in [0.4, 0.5) is 0 Å². The van der Waals surface area contributed by atoms with Crippen LogP contribution in [-0.2, 0) is 20.8 Å². The Balaban J connectivity index is 2.10. The van der Waals surface area contributed by atoms with Gasteiger partial charge in [0.05, 0.1) is 18.1 Å². The van der Waals surface area contributed by atoms with Gasteiger partial charge in [-0.1, -0.05) is 17.7 Å². The van der Waals surface area contributed by atoms with Crippen LogP contribution in [0.15, 0.2) is 18.2 Å². The number of ether oxygens (including phenoxy) is 1. The molecule has 1 aliphatic heterocycles. The van der Waals surface area contributed by atoms with Gasteiger partial charge in [0.1, 0.15) is 12.3 Å². The summed E-state index contributed by atoms with van der Waals surface area (Å²) in [5.41, 5.74) is 0.795. The van der Waals surface area contributed by atoms with Gasteiger partial charge in [0, 0.05) is 6.42 Å². The molecule has 2 amide bonds. The lowest BCUT2D eigenvalue weighted by atomic mass is 9.98. The number of rotatable bonds is 5. The summed E-state index contributed by atoms with van der Waals surface area (Å²) in [6.07, 6.45) is 0.361. The average Bonchev–Trinajstić information content (AvgIpc) is 2.66. The highest BCUT2D eigenvalue weighted by molar-refractivity contribution is 6.32. The van der Waals surface area contributed by atoms with E-state index in [0.717, 1.165) is 10.5 Å². The van der Waals surface area contributed by atoms with E-state index in [1.165, 1.54) is 7.11 Å². The third-order valence-corrected chi connectivity index (χ3v) is 3.62. The van der Waals surface area contributed by atoms with Crippen LogP contribution in [0.5, 0.6) is 5.75 Å². The molecular weight excluding hydrogens is 298 g/mol. The van der Waals surface area contributed by atoms with E-state index in [1.807, 2.05) is 0 Å². The minimum absolute atomic E-state index is 0.0236. The number of benzene rings is 1. The molecule has 2 rings (SSSR count). The minimum Gasteiger partial charge on any atom is -0.495 e. The summed E-state index contributed by atoms with van der Waals surface area (Å²) in [6.45, 7) is -0.586. The van der Waals surface area contributed by atoms with E-state index in [2.05, 4.69) is 0 Å². The highest BCUT2D eigenvalue weighted by atomic mass is 35.5. The molecule has 0 aliphatic carbocycles. The number of carbonyl (C=O) groups is 3. The van der Waals surface area contributed by atoms with Crippen molar-refractivity contribution in [1.29, 1.82) is 0 Å². The SMILES string of the molecule is COc1ccc(CC2CC(=O)N(CC(=O)O)C2=O)cc1Cl. The average molecular weight is 312 g/mol. The largest absolute Gasteiger partial charge is 0.495 e. The predicted molar refractivity (Wildman–Crippen MR) is 74.2 cm³/mol. The number of aliphatic carboxylic acids is 1. The molecule has 112 valence electrons. The van der Waals surface area contributed by atoms with Gasteiger partial charge in [0.2, 0.25) is 11.8 Å². The van der Waals surface area contributed by atoms with Crippen LogP contribution in [0.25, 0.3) is 0 Å². The van der Waals surface area contributed by atoms with Crippen molar-refractivity contribution in [2.75, 3.05) is 13.7 Å². The smallest absolute Gasteiger partial charge is 0.323 e. The zero-order valence-electron chi connectivity index (χ0n) is 11.3. The third-order valence-electron chi connectivity index (χ3n) is 3.33. The number of carbonyl (C=O) groups excluding carboxylic acids is 2. The summed E-state index contributed by atoms with van der Waals surface area (Å²) in [4.78, 5) is 35.2. The van der Waals surface area contributed by atoms with E-state index < -0.39 is 30.2 Å². The predicted octanol–water partition coefficient (Wildman–Crippen LogP) is 1.35. The fourth-order valence-electron chi connectivity index (χ4n) is 2.33. The van der Waals surface area contributed by atoms with Crippen LogP contribution in [0.3, 0.4) is 0 Å². The zero-order chi connectivity index (χ0) is 15.6. The Labute approximate surface area is 126 Å². The van der Waals surface area contributed by atoms with E-state index in [-0.39, 0.29) is 6.42 Å². The molecule has 1 heterocycles. The quantitative estimate of drug-likeness (QED) is 0.830. The van der Waals surface area contributed by atoms with Gasteiger partial charge < -0.3 is 9.84 Å². The lowest BCUT2D eigenvalue weighted by Gasteiger charge is -2.12. The Bertz CT molecular complexity index is 601. The molecule has 0 aromatic heterocycles. The first-order valence-corrected chi connectivity index (χ1v) is 6.68. The van der Waals surface area contributed by atoms with Crippen molar-refractivity contribution in [3.63, 3.8) is 0 Å². The maximum Gasteiger partial charge on any atom is 0.323 e. The summed E-state index contributed by atoms with van der Waals surface area (Å²) in [7, 11) is 1.50. The molecule has 1 atom stereocenters. The molecule has 1 fully saturated rings. The monoisotopic (exact) mass is 311 g/mol. The molecule has 1 aliphatic rings. The van der Waals surface area contributed by atoms with E-state index in [1.54, 1.807) is 18.2 Å². The van der Waals surface area contributed by atoms with Crippen molar-refractivity contribution >= 4 is 29.4 Å².